The number of rotatable bonds is 5. The number of aryl methyl sites for hydroxylation is 1. The number of hydrogen-bond donors (Lipinski definition) is 0. The standard InChI is InChI=1S/C23H17N3O2/c1-16-6-9-20(10-7-16)26-15-18-4-3-5-22(27-2)23(18)28-21-11-8-17(13-24)19(12-21)14-25/h3-12,15H,1-2H3. The summed E-state index contributed by atoms with van der Waals surface area (Å²) in [5, 5.41) is 18.3. The van der Waals surface area contributed by atoms with Crippen molar-refractivity contribution < 1.29 is 9.47 Å². The van der Waals surface area contributed by atoms with E-state index in [4.69, 9.17) is 14.7 Å². The molecular weight excluding hydrogens is 350 g/mol. The molecule has 0 bridgehead atoms. The van der Waals surface area contributed by atoms with Gasteiger partial charge in [0.25, 0.3) is 0 Å². The van der Waals surface area contributed by atoms with Crippen molar-refractivity contribution in [3.8, 4) is 29.4 Å². The molecule has 0 aliphatic heterocycles. The van der Waals surface area contributed by atoms with Crippen LogP contribution in [0.3, 0.4) is 0 Å². The van der Waals surface area contributed by atoms with E-state index in [-0.39, 0.29) is 5.56 Å². The topological polar surface area (TPSA) is 78.4 Å². The fourth-order valence-corrected chi connectivity index (χ4v) is 2.57. The Morgan fingerprint density at radius 2 is 1.68 bits per heavy atom. The molecule has 5 heteroatoms. The quantitative estimate of drug-likeness (QED) is 0.574. The van der Waals surface area contributed by atoms with E-state index < -0.39 is 0 Å². The molecular formula is C23H17N3O2. The van der Waals surface area contributed by atoms with E-state index in [1.165, 1.54) is 11.6 Å². The van der Waals surface area contributed by atoms with Gasteiger partial charge < -0.3 is 9.47 Å². The largest absolute Gasteiger partial charge is 0.493 e. The van der Waals surface area contributed by atoms with E-state index in [2.05, 4.69) is 4.99 Å². The number of nitrogens with zero attached hydrogens (tertiary/aromatic N) is 3. The number of hydrogen-bond acceptors (Lipinski definition) is 5. The Morgan fingerprint density at radius 3 is 2.36 bits per heavy atom. The maximum atomic E-state index is 9.22. The van der Waals surface area contributed by atoms with Crippen molar-refractivity contribution in [2.75, 3.05) is 7.11 Å². The van der Waals surface area contributed by atoms with Crippen molar-refractivity contribution in [1.82, 2.24) is 0 Å². The number of methoxy groups -OCH3 is 1. The second-order valence-electron chi connectivity index (χ2n) is 6.01. The van der Waals surface area contributed by atoms with Crippen LogP contribution in [0, 0.1) is 29.6 Å². The molecule has 0 saturated heterocycles. The molecule has 5 nitrogen and oxygen atoms in total. The highest BCUT2D eigenvalue weighted by Gasteiger charge is 2.12. The third kappa shape index (κ3) is 4.17. The summed E-state index contributed by atoms with van der Waals surface area (Å²) in [4.78, 5) is 4.50. The summed E-state index contributed by atoms with van der Waals surface area (Å²) in [6.07, 6.45) is 1.71. The first-order valence-corrected chi connectivity index (χ1v) is 8.54. The van der Waals surface area contributed by atoms with Gasteiger partial charge in [0.1, 0.15) is 17.9 Å². The molecule has 3 rings (SSSR count). The van der Waals surface area contributed by atoms with Gasteiger partial charge in [0, 0.05) is 11.8 Å². The molecule has 3 aromatic carbocycles. The number of para-hydroxylation sites is 1. The second-order valence-corrected chi connectivity index (χ2v) is 6.01. The Hall–Kier alpha value is -4.09. The fraction of sp³-hybridized carbons (Fsp3) is 0.0870. The van der Waals surface area contributed by atoms with Crippen LogP contribution in [0.25, 0.3) is 0 Å². The van der Waals surface area contributed by atoms with Crippen LogP contribution >= 0.6 is 0 Å². The van der Waals surface area contributed by atoms with E-state index >= 15 is 0 Å². The normalized spacial score (nSPS) is 10.3. The lowest BCUT2D eigenvalue weighted by Crippen LogP contribution is -1.96. The van der Waals surface area contributed by atoms with Gasteiger partial charge in [-0.05, 0) is 49.4 Å². The highest BCUT2D eigenvalue weighted by molar-refractivity contribution is 5.87. The molecule has 0 fully saturated rings. The molecule has 0 aliphatic rings. The monoisotopic (exact) mass is 367 g/mol. The lowest BCUT2D eigenvalue weighted by atomic mass is 10.1. The maximum absolute atomic E-state index is 9.22. The number of aliphatic imine (C=N–C) groups is 1. The lowest BCUT2D eigenvalue weighted by Gasteiger charge is -2.13. The summed E-state index contributed by atoms with van der Waals surface area (Å²) >= 11 is 0. The zero-order valence-corrected chi connectivity index (χ0v) is 15.5. The summed E-state index contributed by atoms with van der Waals surface area (Å²) in [6, 6.07) is 22.1. The molecule has 0 saturated carbocycles. The van der Waals surface area contributed by atoms with E-state index in [1.54, 1.807) is 31.5 Å². The predicted octanol–water partition coefficient (Wildman–Crippen LogP) is 5.29. The van der Waals surface area contributed by atoms with Gasteiger partial charge in [0.2, 0.25) is 0 Å². The summed E-state index contributed by atoms with van der Waals surface area (Å²) in [6.45, 7) is 2.02. The summed E-state index contributed by atoms with van der Waals surface area (Å²) < 4.78 is 11.4. The fourth-order valence-electron chi connectivity index (χ4n) is 2.57. The molecule has 0 radical (unpaired) electrons. The first-order chi connectivity index (χ1) is 13.6. The van der Waals surface area contributed by atoms with Gasteiger partial charge in [0.15, 0.2) is 11.5 Å². The van der Waals surface area contributed by atoms with Crippen molar-refractivity contribution in [3.05, 3.63) is 82.9 Å². The van der Waals surface area contributed by atoms with Gasteiger partial charge in [0.05, 0.1) is 23.9 Å². The molecule has 3 aromatic rings. The van der Waals surface area contributed by atoms with E-state index in [0.717, 1.165) is 11.3 Å². The van der Waals surface area contributed by atoms with Crippen LogP contribution in [0.1, 0.15) is 22.3 Å². The Morgan fingerprint density at radius 1 is 0.929 bits per heavy atom. The van der Waals surface area contributed by atoms with Crippen LogP contribution in [-0.2, 0) is 0 Å². The zero-order chi connectivity index (χ0) is 19.9. The van der Waals surface area contributed by atoms with Crippen LogP contribution < -0.4 is 9.47 Å². The highest BCUT2D eigenvalue weighted by atomic mass is 16.5. The second kappa shape index (κ2) is 8.53. The van der Waals surface area contributed by atoms with Gasteiger partial charge in [-0.2, -0.15) is 10.5 Å². The van der Waals surface area contributed by atoms with Crippen molar-refractivity contribution in [1.29, 1.82) is 10.5 Å². The smallest absolute Gasteiger partial charge is 0.178 e. The van der Waals surface area contributed by atoms with Gasteiger partial charge in [-0.3, -0.25) is 4.99 Å². The summed E-state index contributed by atoms with van der Waals surface area (Å²) in [5.74, 6) is 1.45. The molecule has 28 heavy (non-hydrogen) atoms. The van der Waals surface area contributed by atoms with Crippen LogP contribution in [-0.4, -0.2) is 13.3 Å². The first kappa shape index (κ1) is 18.7. The van der Waals surface area contributed by atoms with E-state index in [1.807, 2.05) is 55.5 Å². The summed E-state index contributed by atoms with van der Waals surface area (Å²) in [5.41, 5.74) is 3.27. The summed E-state index contributed by atoms with van der Waals surface area (Å²) in [7, 11) is 1.56. The zero-order valence-electron chi connectivity index (χ0n) is 15.5. The van der Waals surface area contributed by atoms with E-state index in [0.29, 0.717) is 22.8 Å². The predicted molar refractivity (Wildman–Crippen MR) is 107 cm³/mol. The van der Waals surface area contributed by atoms with Gasteiger partial charge >= 0.3 is 0 Å². The van der Waals surface area contributed by atoms with Crippen LogP contribution in [0.15, 0.2) is 65.7 Å². The Labute approximate surface area is 163 Å². The van der Waals surface area contributed by atoms with Crippen LogP contribution in [0.5, 0.6) is 17.2 Å². The Bertz CT molecular complexity index is 1100. The van der Waals surface area contributed by atoms with Crippen LogP contribution in [0.4, 0.5) is 5.69 Å². The molecule has 0 amide bonds. The molecule has 0 unspecified atom stereocenters. The Kier molecular flexibility index (Phi) is 5.69. The SMILES string of the molecule is COc1cccc(C=Nc2ccc(C)cc2)c1Oc1ccc(C#N)c(C#N)c1. The maximum Gasteiger partial charge on any atom is 0.178 e. The lowest BCUT2D eigenvalue weighted by molar-refractivity contribution is 0.378. The number of benzene rings is 3. The molecule has 0 spiro atoms. The molecule has 0 aromatic heterocycles. The van der Waals surface area contributed by atoms with Crippen molar-refractivity contribution in [3.63, 3.8) is 0 Å². The molecule has 0 aliphatic carbocycles. The molecule has 0 heterocycles. The van der Waals surface area contributed by atoms with Crippen LogP contribution in [0.2, 0.25) is 0 Å². The number of nitriles is 2. The molecule has 0 atom stereocenters. The third-order valence-corrected chi connectivity index (χ3v) is 4.07. The molecule has 0 N–H and O–H groups in total. The van der Waals surface area contributed by atoms with Crippen molar-refractivity contribution in [2.24, 2.45) is 4.99 Å². The third-order valence-electron chi connectivity index (χ3n) is 4.07. The molecule has 136 valence electrons. The van der Waals surface area contributed by atoms with Gasteiger partial charge in [-0.1, -0.05) is 23.8 Å². The minimum Gasteiger partial charge on any atom is -0.493 e. The average molecular weight is 367 g/mol. The average Bonchev–Trinajstić information content (AvgIpc) is 2.73. The van der Waals surface area contributed by atoms with Crippen molar-refractivity contribution in [2.45, 2.75) is 6.92 Å². The minimum absolute atomic E-state index is 0.254. The van der Waals surface area contributed by atoms with E-state index in [9.17, 15) is 5.26 Å². The number of ether oxygens (including phenoxy) is 2. The first-order valence-electron chi connectivity index (χ1n) is 8.54. The van der Waals surface area contributed by atoms with Gasteiger partial charge in [-0.15, -0.1) is 0 Å². The van der Waals surface area contributed by atoms with Crippen molar-refractivity contribution >= 4 is 11.9 Å². The Balaban J connectivity index is 1.97. The minimum atomic E-state index is 0.254. The highest BCUT2D eigenvalue weighted by Crippen LogP contribution is 2.35. The van der Waals surface area contributed by atoms with Gasteiger partial charge in [-0.25, -0.2) is 0 Å².